The van der Waals surface area contributed by atoms with E-state index in [-0.39, 0.29) is 32.3 Å². The zero-order valence-electron chi connectivity index (χ0n) is 27.0. The van der Waals surface area contributed by atoms with Crippen molar-refractivity contribution in [2.45, 2.75) is 64.9 Å². The fourth-order valence-electron chi connectivity index (χ4n) is 5.18. The van der Waals surface area contributed by atoms with E-state index in [2.05, 4.69) is 12.2 Å². The molecule has 0 bridgehead atoms. The lowest BCUT2D eigenvalue weighted by Gasteiger charge is -2.22. The Morgan fingerprint density at radius 1 is 0.766 bits per heavy atom. The van der Waals surface area contributed by atoms with Crippen molar-refractivity contribution in [2.75, 3.05) is 19.8 Å². The highest BCUT2D eigenvalue weighted by Crippen LogP contribution is 2.52. The molecule has 1 heterocycles. The second kappa shape index (κ2) is 17.9. The Morgan fingerprint density at radius 2 is 1.38 bits per heavy atom. The van der Waals surface area contributed by atoms with Crippen molar-refractivity contribution < 1.29 is 32.4 Å². The van der Waals surface area contributed by atoms with Crippen LogP contribution in [0.2, 0.25) is 0 Å². The SMILES string of the molecule is CCCCCCCOc1ccc(-c2ccc(C(=O)N[C@H](COCc3ccccc3)COP3(=O)OCc4ccccc4CO3)cc2)cc1. The molecule has 47 heavy (non-hydrogen) atoms. The van der Waals surface area contributed by atoms with Gasteiger partial charge in [-0.3, -0.25) is 18.4 Å². The van der Waals surface area contributed by atoms with E-state index in [0.717, 1.165) is 46.6 Å². The highest BCUT2D eigenvalue weighted by molar-refractivity contribution is 7.48. The number of benzene rings is 4. The summed E-state index contributed by atoms with van der Waals surface area (Å²) in [5.41, 5.74) is 5.28. The van der Waals surface area contributed by atoms with Gasteiger partial charge in [-0.1, -0.05) is 111 Å². The molecule has 1 aliphatic heterocycles. The normalized spacial score (nSPS) is 14.5. The molecule has 0 spiro atoms. The van der Waals surface area contributed by atoms with Crippen molar-refractivity contribution in [1.29, 1.82) is 0 Å². The molecule has 1 aliphatic rings. The Balaban J connectivity index is 1.16. The van der Waals surface area contributed by atoms with Crippen molar-refractivity contribution in [3.63, 3.8) is 0 Å². The Kier molecular flexibility index (Phi) is 13.2. The summed E-state index contributed by atoms with van der Waals surface area (Å²) in [5.74, 6) is 0.555. The summed E-state index contributed by atoms with van der Waals surface area (Å²) in [6.45, 7) is 3.51. The minimum Gasteiger partial charge on any atom is -0.494 e. The molecule has 248 valence electrons. The number of nitrogens with one attached hydrogen (secondary N) is 1. The summed E-state index contributed by atoms with van der Waals surface area (Å²) in [4.78, 5) is 13.3. The quantitative estimate of drug-likeness (QED) is 0.0896. The number of ether oxygens (including phenoxy) is 2. The maximum atomic E-state index is 13.3. The van der Waals surface area contributed by atoms with E-state index in [1.165, 1.54) is 25.7 Å². The number of unbranched alkanes of at least 4 members (excludes halogenated alkanes) is 4. The van der Waals surface area contributed by atoms with Crippen LogP contribution >= 0.6 is 7.82 Å². The molecule has 8 nitrogen and oxygen atoms in total. The minimum atomic E-state index is -3.87. The van der Waals surface area contributed by atoms with Crippen LogP contribution in [0.15, 0.2) is 103 Å². The topological polar surface area (TPSA) is 92.3 Å². The van der Waals surface area contributed by atoms with Crippen LogP contribution in [0, 0.1) is 0 Å². The second-order valence-corrected chi connectivity index (χ2v) is 13.3. The van der Waals surface area contributed by atoms with Crippen molar-refractivity contribution in [3.05, 3.63) is 125 Å². The Morgan fingerprint density at radius 3 is 2.04 bits per heavy atom. The number of rotatable bonds is 17. The maximum absolute atomic E-state index is 13.3. The van der Waals surface area contributed by atoms with Gasteiger partial charge in [-0.2, -0.15) is 0 Å². The largest absolute Gasteiger partial charge is 0.494 e. The van der Waals surface area contributed by atoms with Crippen LogP contribution in [0.4, 0.5) is 0 Å². The van der Waals surface area contributed by atoms with Gasteiger partial charge in [0, 0.05) is 5.56 Å². The zero-order chi connectivity index (χ0) is 32.7. The maximum Gasteiger partial charge on any atom is 0.475 e. The number of hydrogen-bond donors (Lipinski definition) is 1. The van der Waals surface area contributed by atoms with Gasteiger partial charge in [0.1, 0.15) is 5.75 Å². The summed E-state index contributed by atoms with van der Waals surface area (Å²) in [6, 6.07) is 32.1. The molecule has 0 saturated heterocycles. The van der Waals surface area contributed by atoms with Gasteiger partial charge in [0.25, 0.3) is 5.91 Å². The fraction of sp³-hybridized carbons (Fsp3) is 0.342. The lowest BCUT2D eigenvalue weighted by Crippen LogP contribution is -2.41. The highest BCUT2D eigenvalue weighted by Gasteiger charge is 2.32. The van der Waals surface area contributed by atoms with Crippen LogP contribution in [0.5, 0.6) is 5.75 Å². The third-order valence-corrected chi connectivity index (χ3v) is 9.28. The van der Waals surface area contributed by atoms with E-state index < -0.39 is 13.9 Å². The highest BCUT2D eigenvalue weighted by atomic mass is 31.2. The second-order valence-electron chi connectivity index (χ2n) is 11.6. The molecule has 0 aromatic heterocycles. The van der Waals surface area contributed by atoms with E-state index in [1.54, 1.807) is 12.1 Å². The standard InChI is InChI=1S/C38H44NO7P/c1-2-3-4-5-11-24-43-37-22-20-32(21-23-37)31-16-18-33(19-17-31)38(40)39-36(28-42-25-30-12-7-6-8-13-30)29-46-47(41)44-26-34-14-9-10-15-35(34)27-45-47/h6-10,12-23,36H,2-5,11,24-29H2,1H3,(H,39,40)/t36-/m1/s1. The first-order valence-corrected chi connectivity index (χ1v) is 17.8. The molecule has 0 fully saturated rings. The van der Waals surface area contributed by atoms with Gasteiger partial charge >= 0.3 is 7.82 Å². The van der Waals surface area contributed by atoms with Gasteiger partial charge < -0.3 is 14.8 Å². The summed E-state index contributed by atoms with van der Waals surface area (Å²) in [5, 5.41) is 2.97. The van der Waals surface area contributed by atoms with Crippen molar-refractivity contribution in [3.8, 4) is 16.9 Å². The summed E-state index contributed by atoms with van der Waals surface area (Å²) in [7, 11) is -3.87. The number of phosphoric acid groups is 1. The Hall–Kier alpha value is -3.78. The lowest BCUT2D eigenvalue weighted by atomic mass is 10.0. The van der Waals surface area contributed by atoms with Gasteiger partial charge in [0.15, 0.2) is 0 Å². The van der Waals surface area contributed by atoms with Crippen molar-refractivity contribution in [2.24, 2.45) is 0 Å². The van der Waals surface area contributed by atoms with Crippen LogP contribution < -0.4 is 10.1 Å². The number of amides is 1. The summed E-state index contributed by atoms with van der Waals surface area (Å²) < 4.78 is 42.0. The van der Waals surface area contributed by atoms with E-state index in [0.29, 0.717) is 12.2 Å². The first-order valence-electron chi connectivity index (χ1n) is 16.4. The van der Waals surface area contributed by atoms with E-state index in [9.17, 15) is 9.36 Å². The third kappa shape index (κ3) is 10.9. The molecule has 4 aromatic rings. The fourth-order valence-corrected chi connectivity index (χ4v) is 6.36. The number of carbonyl (C=O) groups excluding carboxylic acids is 1. The average molecular weight is 658 g/mol. The molecule has 1 amide bonds. The number of fused-ring (bicyclic) bond motifs is 1. The van der Waals surface area contributed by atoms with E-state index in [1.807, 2.05) is 91.0 Å². The Labute approximate surface area is 278 Å². The van der Waals surface area contributed by atoms with Crippen LogP contribution in [0.3, 0.4) is 0 Å². The third-order valence-electron chi connectivity index (χ3n) is 7.93. The van der Waals surface area contributed by atoms with Crippen LogP contribution in [0.1, 0.15) is 66.1 Å². The first kappa shape index (κ1) is 34.6. The predicted octanol–water partition coefficient (Wildman–Crippen LogP) is 8.89. The molecular formula is C38H44NO7P. The predicted molar refractivity (Wildman–Crippen MR) is 183 cm³/mol. The van der Waals surface area contributed by atoms with E-state index >= 15 is 0 Å². The first-order chi connectivity index (χ1) is 23.0. The minimum absolute atomic E-state index is 0.107. The lowest BCUT2D eigenvalue weighted by molar-refractivity contribution is 0.0564. The Bertz CT molecular complexity index is 1550. The molecule has 9 heteroatoms. The van der Waals surface area contributed by atoms with Gasteiger partial charge in [0.05, 0.1) is 45.7 Å². The molecule has 0 radical (unpaired) electrons. The zero-order valence-corrected chi connectivity index (χ0v) is 27.9. The molecular weight excluding hydrogens is 613 g/mol. The van der Waals surface area contributed by atoms with Gasteiger partial charge in [-0.05, 0) is 58.5 Å². The smallest absolute Gasteiger partial charge is 0.475 e. The van der Waals surface area contributed by atoms with Crippen LogP contribution in [-0.2, 0) is 42.7 Å². The van der Waals surface area contributed by atoms with E-state index in [4.69, 9.17) is 23.0 Å². The summed E-state index contributed by atoms with van der Waals surface area (Å²) >= 11 is 0. The monoisotopic (exact) mass is 657 g/mol. The molecule has 0 unspecified atom stereocenters. The molecule has 1 N–H and O–H groups in total. The molecule has 0 saturated carbocycles. The van der Waals surface area contributed by atoms with Gasteiger partial charge in [-0.25, -0.2) is 4.57 Å². The van der Waals surface area contributed by atoms with Gasteiger partial charge in [0.2, 0.25) is 0 Å². The number of carbonyl (C=O) groups is 1. The molecule has 4 aromatic carbocycles. The van der Waals surface area contributed by atoms with Crippen LogP contribution in [-0.4, -0.2) is 31.8 Å². The number of phosphoric ester groups is 1. The molecule has 0 aliphatic carbocycles. The van der Waals surface area contributed by atoms with Crippen molar-refractivity contribution >= 4 is 13.7 Å². The summed E-state index contributed by atoms with van der Waals surface area (Å²) in [6.07, 6.45) is 6.02. The van der Waals surface area contributed by atoms with Gasteiger partial charge in [-0.15, -0.1) is 0 Å². The van der Waals surface area contributed by atoms with Crippen LogP contribution in [0.25, 0.3) is 11.1 Å². The van der Waals surface area contributed by atoms with Crippen molar-refractivity contribution in [1.82, 2.24) is 5.32 Å². The molecule has 5 rings (SSSR count). The number of hydrogen-bond acceptors (Lipinski definition) is 7. The average Bonchev–Trinajstić information content (AvgIpc) is 3.28. The molecule has 1 atom stereocenters.